The molecule has 1 saturated heterocycles. The molecule has 9 nitrogen and oxygen atoms in total. The second-order valence-corrected chi connectivity index (χ2v) is 8.82. The van der Waals surface area contributed by atoms with Crippen molar-refractivity contribution < 1.29 is 33.3 Å². The van der Waals surface area contributed by atoms with Gasteiger partial charge in [-0.05, 0) is 55.4 Å². The number of ether oxygens (including phenoxy) is 4. The van der Waals surface area contributed by atoms with Crippen LogP contribution < -0.4 is 5.32 Å². The van der Waals surface area contributed by atoms with E-state index in [0.29, 0.717) is 0 Å². The van der Waals surface area contributed by atoms with Crippen molar-refractivity contribution in [3.63, 3.8) is 0 Å². The molecule has 0 unspecified atom stereocenters. The standard InChI is InChI=1S/C18H32N2O7/c1-16(2,3)26-14(22)19-12(13(21)24-9)11-10-25-18(7,8)20(11)15(23)27-17(4,5)6/h11-12H,10H2,1-9H3,(H,19,22)/t11-,12-/m1/s1. The van der Waals surface area contributed by atoms with Crippen LogP contribution in [0.5, 0.6) is 0 Å². The number of nitrogens with zero attached hydrogens (tertiary/aromatic N) is 1. The molecule has 156 valence electrons. The van der Waals surface area contributed by atoms with Crippen LogP contribution in [-0.2, 0) is 23.7 Å². The van der Waals surface area contributed by atoms with E-state index in [4.69, 9.17) is 18.9 Å². The molecule has 27 heavy (non-hydrogen) atoms. The number of nitrogens with one attached hydrogen (secondary N) is 1. The first kappa shape index (κ1) is 23.0. The third kappa shape index (κ3) is 6.57. The normalized spacial score (nSPS) is 20.6. The smallest absolute Gasteiger partial charge is 0.412 e. The van der Waals surface area contributed by atoms with Crippen LogP contribution >= 0.6 is 0 Å². The Hall–Kier alpha value is -2.03. The third-order valence-corrected chi connectivity index (χ3v) is 3.62. The summed E-state index contributed by atoms with van der Waals surface area (Å²) in [6.45, 7) is 13.7. The SMILES string of the molecule is COC(=O)[C@H](NC(=O)OC(C)(C)C)[C@H]1COC(C)(C)N1C(=O)OC(C)(C)C. The molecule has 0 bridgehead atoms. The van der Waals surface area contributed by atoms with Gasteiger partial charge in [0.15, 0.2) is 6.04 Å². The highest BCUT2D eigenvalue weighted by Crippen LogP contribution is 2.31. The average Bonchev–Trinajstić information content (AvgIpc) is 2.75. The van der Waals surface area contributed by atoms with Gasteiger partial charge in [-0.3, -0.25) is 4.90 Å². The van der Waals surface area contributed by atoms with Gasteiger partial charge in [0, 0.05) is 0 Å². The van der Waals surface area contributed by atoms with E-state index >= 15 is 0 Å². The topological polar surface area (TPSA) is 103 Å². The van der Waals surface area contributed by atoms with Crippen molar-refractivity contribution in [1.82, 2.24) is 10.2 Å². The fourth-order valence-electron chi connectivity index (χ4n) is 2.62. The van der Waals surface area contributed by atoms with Gasteiger partial charge >= 0.3 is 18.2 Å². The first-order valence-electron chi connectivity index (χ1n) is 8.81. The van der Waals surface area contributed by atoms with Crippen LogP contribution in [0.3, 0.4) is 0 Å². The lowest BCUT2D eigenvalue weighted by atomic mass is 10.1. The average molecular weight is 388 g/mol. The molecule has 9 heteroatoms. The zero-order valence-corrected chi connectivity index (χ0v) is 17.7. The monoisotopic (exact) mass is 388 g/mol. The second kappa shape index (κ2) is 7.92. The maximum Gasteiger partial charge on any atom is 0.412 e. The van der Waals surface area contributed by atoms with Gasteiger partial charge in [-0.15, -0.1) is 0 Å². The van der Waals surface area contributed by atoms with Gasteiger partial charge in [0.25, 0.3) is 0 Å². The zero-order valence-electron chi connectivity index (χ0n) is 17.7. The molecule has 1 fully saturated rings. The summed E-state index contributed by atoms with van der Waals surface area (Å²) in [5, 5.41) is 2.49. The molecular formula is C18H32N2O7. The highest BCUT2D eigenvalue weighted by molar-refractivity contribution is 5.83. The number of alkyl carbamates (subject to hydrolysis) is 1. The van der Waals surface area contributed by atoms with Crippen molar-refractivity contribution in [1.29, 1.82) is 0 Å². The van der Waals surface area contributed by atoms with Crippen LogP contribution in [0.15, 0.2) is 0 Å². The summed E-state index contributed by atoms with van der Waals surface area (Å²) in [6.07, 6.45) is -1.46. The molecular weight excluding hydrogens is 356 g/mol. The molecule has 1 N–H and O–H groups in total. The minimum Gasteiger partial charge on any atom is -0.467 e. The fourth-order valence-corrected chi connectivity index (χ4v) is 2.62. The van der Waals surface area contributed by atoms with Crippen LogP contribution in [0, 0.1) is 0 Å². The number of carbonyl (C=O) groups is 3. The molecule has 1 aliphatic heterocycles. The van der Waals surface area contributed by atoms with Crippen molar-refractivity contribution >= 4 is 18.2 Å². The maximum absolute atomic E-state index is 12.7. The van der Waals surface area contributed by atoms with Gasteiger partial charge in [-0.1, -0.05) is 0 Å². The molecule has 0 radical (unpaired) electrons. The Morgan fingerprint density at radius 3 is 2.04 bits per heavy atom. The first-order chi connectivity index (χ1) is 12.1. The third-order valence-electron chi connectivity index (χ3n) is 3.62. The Kier molecular flexibility index (Phi) is 6.75. The number of hydrogen-bond donors (Lipinski definition) is 1. The molecule has 0 saturated carbocycles. The number of carbonyl (C=O) groups excluding carboxylic acids is 3. The van der Waals surface area contributed by atoms with Crippen molar-refractivity contribution in [2.75, 3.05) is 13.7 Å². The van der Waals surface area contributed by atoms with E-state index in [1.165, 1.54) is 12.0 Å². The van der Waals surface area contributed by atoms with Crippen molar-refractivity contribution in [3.05, 3.63) is 0 Å². The number of rotatable bonds is 3. The highest BCUT2D eigenvalue weighted by Gasteiger charge is 2.51. The van der Waals surface area contributed by atoms with E-state index in [0.717, 1.165) is 0 Å². The summed E-state index contributed by atoms with van der Waals surface area (Å²) >= 11 is 0. The predicted octanol–water partition coefficient (Wildman–Crippen LogP) is 2.42. The Bertz CT molecular complexity index is 575. The quantitative estimate of drug-likeness (QED) is 0.585. The molecule has 0 aromatic heterocycles. The van der Waals surface area contributed by atoms with E-state index in [1.807, 2.05) is 0 Å². The Labute approximate surface area is 160 Å². The van der Waals surface area contributed by atoms with E-state index in [2.05, 4.69) is 5.32 Å². The van der Waals surface area contributed by atoms with Crippen LogP contribution in [-0.4, -0.2) is 65.8 Å². The van der Waals surface area contributed by atoms with Crippen LogP contribution in [0.4, 0.5) is 9.59 Å². The summed E-state index contributed by atoms with van der Waals surface area (Å²) in [5.41, 5.74) is -2.52. The lowest BCUT2D eigenvalue weighted by Crippen LogP contribution is -2.60. The Balaban J connectivity index is 3.13. The zero-order chi connectivity index (χ0) is 21.2. The molecule has 0 spiro atoms. The summed E-state index contributed by atoms with van der Waals surface area (Å²) in [7, 11) is 1.20. The number of amides is 2. The predicted molar refractivity (Wildman–Crippen MR) is 97.1 cm³/mol. The molecule has 1 aliphatic rings. The Morgan fingerprint density at radius 2 is 1.59 bits per heavy atom. The van der Waals surface area contributed by atoms with E-state index in [-0.39, 0.29) is 6.61 Å². The number of esters is 1. The molecule has 0 aromatic carbocycles. The lowest BCUT2D eigenvalue weighted by molar-refractivity contribution is -0.144. The summed E-state index contributed by atoms with van der Waals surface area (Å²) in [4.78, 5) is 38.6. The van der Waals surface area contributed by atoms with Gasteiger partial charge in [0.05, 0.1) is 19.8 Å². The summed E-state index contributed by atoms with van der Waals surface area (Å²) < 4.78 is 21.2. The van der Waals surface area contributed by atoms with Crippen molar-refractivity contribution in [2.45, 2.75) is 84.4 Å². The van der Waals surface area contributed by atoms with Crippen LogP contribution in [0.2, 0.25) is 0 Å². The first-order valence-corrected chi connectivity index (χ1v) is 8.81. The van der Waals surface area contributed by atoms with Gasteiger partial charge in [0.1, 0.15) is 16.9 Å². The molecule has 2 atom stereocenters. The summed E-state index contributed by atoms with van der Waals surface area (Å²) in [5.74, 6) is -0.722. The molecule has 2 amide bonds. The van der Waals surface area contributed by atoms with Gasteiger partial charge in [0.2, 0.25) is 0 Å². The Morgan fingerprint density at radius 1 is 1.07 bits per heavy atom. The van der Waals surface area contributed by atoms with E-state index < -0.39 is 47.2 Å². The van der Waals surface area contributed by atoms with Crippen molar-refractivity contribution in [3.8, 4) is 0 Å². The minimum atomic E-state index is -1.18. The van der Waals surface area contributed by atoms with Crippen molar-refractivity contribution in [2.24, 2.45) is 0 Å². The number of methoxy groups -OCH3 is 1. The van der Waals surface area contributed by atoms with Gasteiger partial charge in [-0.2, -0.15) is 0 Å². The largest absolute Gasteiger partial charge is 0.467 e. The highest BCUT2D eigenvalue weighted by atomic mass is 16.6. The molecule has 0 aromatic rings. The summed E-state index contributed by atoms with van der Waals surface area (Å²) in [6, 6.07) is -2.01. The maximum atomic E-state index is 12.7. The molecule has 1 rings (SSSR count). The van der Waals surface area contributed by atoms with E-state index in [1.54, 1.807) is 55.4 Å². The number of hydrogen-bond acceptors (Lipinski definition) is 7. The van der Waals surface area contributed by atoms with Crippen LogP contribution in [0.25, 0.3) is 0 Å². The van der Waals surface area contributed by atoms with E-state index in [9.17, 15) is 14.4 Å². The molecule has 0 aliphatic carbocycles. The van der Waals surface area contributed by atoms with Crippen LogP contribution in [0.1, 0.15) is 55.4 Å². The van der Waals surface area contributed by atoms with Gasteiger partial charge < -0.3 is 24.3 Å². The minimum absolute atomic E-state index is 0.0157. The lowest BCUT2D eigenvalue weighted by Gasteiger charge is -2.37. The molecule has 1 heterocycles. The second-order valence-electron chi connectivity index (χ2n) is 8.82. The van der Waals surface area contributed by atoms with Gasteiger partial charge in [-0.25, -0.2) is 14.4 Å². The fraction of sp³-hybridized carbons (Fsp3) is 0.833.